The molecule has 0 aliphatic carbocycles. The van der Waals surface area contributed by atoms with E-state index in [4.69, 9.17) is 9.47 Å². The van der Waals surface area contributed by atoms with Crippen LogP contribution in [-0.4, -0.2) is 86.2 Å². The normalized spacial score (nSPS) is 15.4. The number of carbonyl (C=O) groups is 4. The second-order valence-electron chi connectivity index (χ2n) is 11.4. The number of hydrogen-bond acceptors (Lipinski definition) is 8. The first kappa shape index (κ1) is 32.5. The molecule has 11 heteroatoms. The van der Waals surface area contributed by atoms with E-state index in [9.17, 15) is 19.2 Å². The zero-order chi connectivity index (χ0) is 32.5. The number of rotatable bonds is 12. The number of esters is 1. The number of methoxy groups -OCH3 is 1. The van der Waals surface area contributed by atoms with E-state index < -0.39 is 17.8 Å². The van der Waals surface area contributed by atoms with Gasteiger partial charge in [-0.3, -0.25) is 19.3 Å². The maximum Gasteiger partial charge on any atom is 0.330 e. The number of carbonyl (C=O) groups excluding carboxylic acids is 4. The Balaban J connectivity index is 1.22. The first-order chi connectivity index (χ1) is 22.3. The van der Waals surface area contributed by atoms with Crippen LogP contribution in [0.3, 0.4) is 0 Å². The Labute approximate surface area is 268 Å². The molecular formula is C35H40N4O7. The van der Waals surface area contributed by atoms with E-state index in [1.165, 1.54) is 35.6 Å². The number of fused-ring (bicyclic) bond motifs is 2. The standard InChI is InChI=1S/C35H40N4O7/c1-24(28-10-5-8-26-7-3-4-9-29(26)28)38-17-14-27(15-18-38)39(34(42)20-25-12-13-30-31(19-25)46-23-45-30)22-33(41)37-21-32(40)36-16-6-11-35(43)44-2/h3-13,19,24,27H,14-18,20-23H2,1-2H3,(H,36,40)(H,37,41)/b11-6+. The van der Waals surface area contributed by atoms with E-state index in [1.807, 2.05) is 12.1 Å². The summed E-state index contributed by atoms with van der Waals surface area (Å²) >= 11 is 0. The number of likely N-dealkylation sites (tertiary alicyclic amines) is 1. The van der Waals surface area contributed by atoms with Gasteiger partial charge < -0.3 is 29.7 Å². The lowest BCUT2D eigenvalue weighted by atomic mass is 9.95. The number of amides is 3. The van der Waals surface area contributed by atoms with Gasteiger partial charge in [-0.1, -0.05) is 54.6 Å². The zero-order valence-corrected chi connectivity index (χ0v) is 26.2. The molecule has 2 N–H and O–H groups in total. The molecule has 5 rings (SSSR count). The molecule has 3 amide bonds. The van der Waals surface area contributed by atoms with Crippen LogP contribution < -0.4 is 20.1 Å². The summed E-state index contributed by atoms with van der Waals surface area (Å²) in [4.78, 5) is 54.3. The largest absolute Gasteiger partial charge is 0.466 e. The lowest BCUT2D eigenvalue weighted by molar-refractivity contribution is -0.139. The van der Waals surface area contributed by atoms with Gasteiger partial charge in [0, 0.05) is 37.8 Å². The van der Waals surface area contributed by atoms with Gasteiger partial charge in [0.25, 0.3) is 0 Å². The quantitative estimate of drug-likeness (QED) is 0.232. The van der Waals surface area contributed by atoms with E-state index >= 15 is 0 Å². The van der Waals surface area contributed by atoms with Crippen LogP contribution in [0.1, 0.15) is 36.9 Å². The molecule has 242 valence electrons. The van der Waals surface area contributed by atoms with Gasteiger partial charge >= 0.3 is 5.97 Å². The Kier molecular flexibility index (Phi) is 10.9. The Morgan fingerprint density at radius 1 is 0.978 bits per heavy atom. The number of hydrogen-bond donors (Lipinski definition) is 2. The van der Waals surface area contributed by atoms with Crippen LogP contribution in [-0.2, 0) is 30.3 Å². The molecule has 11 nitrogen and oxygen atoms in total. The fourth-order valence-electron chi connectivity index (χ4n) is 5.99. The predicted molar refractivity (Wildman–Crippen MR) is 172 cm³/mol. The van der Waals surface area contributed by atoms with Gasteiger partial charge in [-0.2, -0.15) is 0 Å². The van der Waals surface area contributed by atoms with Crippen molar-refractivity contribution in [3.8, 4) is 11.5 Å². The summed E-state index contributed by atoms with van der Waals surface area (Å²) in [5.41, 5.74) is 2.03. The van der Waals surface area contributed by atoms with E-state index in [2.05, 4.69) is 63.6 Å². The van der Waals surface area contributed by atoms with E-state index in [0.717, 1.165) is 18.7 Å². The highest BCUT2D eigenvalue weighted by Gasteiger charge is 2.32. The van der Waals surface area contributed by atoms with Crippen LogP contribution in [0.4, 0.5) is 0 Å². The molecule has 2 aliphatic heterocycles. The van der Waals surface area contributed by atoms with Crippen LogP contribution >= 0.6 is 0 Å². The van der Waals surface area contributed by atoms with Crippen molar-refractivity contribution in [2.45, 2.75) is 38.3 Å². The third-order valence-electron chi connectivity index (χ3n) is 8.51. The highest BCUT2D eigenvalue weighted by atomic mass is 16.7. The number of piperidine rings is 1. The Bertz CT molecular complexity index is 1590. The van der Waals surface area contributed by atoms with Gasteiger partial charge in [0.2, 0.25) is 24.5 Å². The van der Waals surface area contributed by atoms with Gasteiger partial charge in [-0.15, -0.1) is 0 Å². The molecule has 1 unspecified atom stereocenters. The van der Waals surface area contributed by atoms with Crippen molar-refractivity contribution >= 4 is 34.5 Å². The maximum absolute atomic E-state index is 13.8. The van der Waals surface area contributed by atoms with Gasteiger partial charge in [0.15, 0.2) is 11.5 Å². The molecule has 1 atom stereocenters. The molecule has 2 heterocycles. The minimum absolute atomic E-state index is 0.101. The summed E-state index contributed by atoms with van der Waals surface area (Å²) in [6, 6.07) is 20.2. The van der Waals surface area contributed by atoms with Crippen LogP contribution in [0.15, 0.2) is 72.8 Å². The zero-order valence-electron chi connectivity index (χ0n) is 26.2. The molecule has 1 fully saturated rings. The summed E-state index contributed by atoms with van der Waals surface area (Å²) in [7, 11) is 1.26. The van der Waals surface area contributed by atoms with Gasteiger partial charge in [0.1, 0.15) is 0 Å². The monoisotopic (exact) mass is 628 g/mol. The molecule has 0 spiro atoms. The Morgan fingerprint density at radius 2 is 1.74 bits per heavy atom. The van der Waals surface area contributed by atoms with Crippen LogP contribution in [0.2, 0.25) is 0 Å². The number of nitrogens with one attached hydrogen (secondary N) is 2. The number of benzene rings is 3. The third-order valence-corrected chi connectivity index (χ3v) is 8.51. The van der Waals surface area contributed by atoms with Crippen molar-refractivity contribution in [3.63, 3.8) is 0 Å². The molecule has 2 aliphatic rings. The fourth-order valence-corrected chi connectivity index (χ4v) is 5.99. The van der Waals surface area contributed by atoms with Crippen LogP contribution in [0, 0.1) is 0 Å². The summed E-state index contributed by atoms with van der Waals surface area (Å²) in [5.74, 6) is -0.312. The van der Waals surface area contributed by atoms with E-state index in [0.29, 0.717) is 24.3 Å². The minimum atomic E-state index is -0.526. The molecule has 1 saturated heterocycles. The topological polar surface area (TPSA) is 127 Å². The highest BCUT2D eigenvalue weighted by Crippen LogP contribution is 2.33. The van der Waals surface area contributed by atoms with E-state index in [-0.39, 0.29) is 50.8 Å². The average molecular weight is 629 g/mol. The molecule has 46 heavy (non-hydrogen) atoms. The molecule has 0 radical (unpaired) electrons. The van der Waals surface area contributed by atoms with Crippen molar-refractivity contribution in [3.05, 3.63) is 83.9 Å². The minimum Gasteiger partial charge on any atom is -0.466 e. The fraction of sp³-hybridized carbons (Fsp3) is 0.371. The Hall–Kier alpha value is -4.90. The first-order valence-electron chi connectivity index (χ1n) is 15.5. The lowest BCUT2D eigenvalue weighted by Crippen LogP contribution is -2.52. The van der Waals surface area contributed by atoms with Crippen molar-refractivity contribution in [2.24, 2.45) is 0 Å². The molecule has 0 saturated carbocycles. The predicted octanol–water partition coefficient (Wildman–Crippen LogP) is 3.13. The smallest absolute Gasteiger partial charge is 0.330 e. The molecule has 0 bridgehead atoms. The molecular weight excluding hydrogens is 588 g/mol. The number of nitrogens with zero attached hydrogens (tertiary/aromatic N) is 2. The number of ether oxygens (including phenoxy) is 3. The second-order valence-corrected chi connectivity index (χ2v) is 11.4. The SMILES string of the molecule is COC(=O)/C=C/CNC(=O)CNC(=O)CN(C(=O)Cc1ccc2c(c1)OCO2)C1CCN(C(C)c2cccc3ccccc23)CC1. The summed E-state index contributed by atoms with van der Waals surface area (Å²) in [5, 5.41) is 7.66. The second kappa shape index (κ2) is 15.4. The third kappa shape index (κ3) is 8.22. The highest BCUT2D eigenvalue weighted by molar-refractivity contribution is 5.89. The van der Waals surface area contributed by atoms with E-state index in [1.54, 1.807) is 17.0 Å². The maximum atomic E-state index is 13.8. The van der Waals surface area contributed by atoms with Crippen LogP contribution in [0.5, 0.6) is 11.5 Å². The average Bonchev–Trinajstić information content (AvgIpc) is 3.55. The molecule has 3 aromatic rings. The molecule has 3 aromatic carbocycles. The van der Waals surface area contributed by atoms with Gasteiger partial charge in [0.05, 0.1) is 26.6 Å². The van der Waals surface area contributed by atoms with Crippen LogP contribution in [0.25, 0.3) is 10.8 Å². The van der Waals surface area contributed by atoms with Crippen molar-refractivity contribution in [2.75, 3.05) is 46.6 Å². The Morgan fingerprint density at radius 3 is 2.54 bits per heavy atom. The molecule has 0 aromatic heterocycles. The van der Waals surface area contributed by atoms with Gasteiger partial charge in [-0.05, 0) is 53.8 Å². The summed E-state index contributed by atoms with van der Waals surface area (Å²) in [6.07, 6.45) is 4.18. The first-order valence-corrected chi connectivity index (χ1v) is 15.5. The van der Waals surface area contributed by atoms with Crippen molar-refractivity contribution in [1.29, 1.82) is 0 Å². The van der Waals surface area contributed by atoms with Gasteiger partial charge in [-0.25, -0.2) is 4.79 Å². The summed E-state index contributed by atoms with van der Waals surface area (Å²) in [6.45, 7) is 3.59. The summed E-state index contributed by atoms with van der Waals surface area (Å²) < 4.78 is 15.4. The lowest BCUT2D eigenvalue weighted by Gasteiger charge is -2.41. The van der Waals surface area contributed by atoms with Crippen molar-refractivity contribution in [1.82, 2.24) is 20.4 Å². The van der Waals surface area contributed by atoms with Crippen molar-refractivity contribution < 1.29 is 33.4 Å².